The van der Waals surface area contributed by atoms with E-state index in [1.807, 2.05) is 37.2 Å². The number of amides is 1. The zero-order chi connectivity index (χ0) is 24.7. The van der Waals surface area contributed by atoms with Crippen molar-refractivity contribution in [3.05, 3.63) is 70.2 Å². The summed E-state index contributed by atoms with van der Waals surface area (Å²) in [7, 11) is 3.66. The summed E-state index contributed by atoms with van der Waals surface area (Å²) >= 11 is 12.3. The summed E-state index contributed by atoms with van der Waals surface area (Å²) in [5.74, 6) is 0.315. The average Bonchev–Trinajstić information content (AvgIpc) is 3.31. The largest absolute Gasteiger partial charge is 0.438 e. The molecule has 34 heavy (non-hydrogen) atoms. The van der Waals surface area contributed by atoms with Gasteiger partial charge in [0.15, 0.2) is 5.76 Å². The van der Waals surface area contributed by atoms with E-state index in [4.69, 9.17) is 33.0 Å². The van der Waals surface area contributed by atoms with Crippen LogP contribution in [0.4, 0.5) is 10.1 Å². The Morgan fingerprint density at radius 1 is 1.21 bits per heavy atom. The summed E-state index contributed by atoms with van der Waals surface area (Å²) in [4.78, 5) is 19.5. The molecule has 0 aliphatic heterocycles. The predicted octanol–water partition coefficient (Wildman–Crippen LogP) is 5.50. The van der Waals surface area contributed by atoms with E-state index in [1.165, 1.54) is 0 Å². The van der Waals surface area contributed by atoms with Gasteiger partial charge in [-0.1, -0.05) is 29.3 Å². The van der Waals surface area contributed by atoms with Crippen molar-refractivity contribution in [2.75, 3.05) is 32.2 Å². The Morgan fingerprint density at radius 3 is 2.62 bits per heavy atom. The fourth-order valence-electron chi connectivity index (χ4n) is 3.39. The average molecular weight is 506 g/mol. The molecule has 0 radical (unpaired) electrons. The van der Waals surface area contributed by atoms with Gasteiger partial charge in [0.1, 0.15) is 18.6 Å². The number of rotatable bonds is 10. The Morgan fingerprint density at radius 2 is 1.94 bits per heavy atom. The van der Waals surface area contributed by atoms with Gasteiger partial charge in [0, 0.05) is 31.2 Å². The highest BCUT2D eigenvalue weighted by Crippen LogP contribution is 2.29. The number of halogens is 3. The molecule has 0 unspecified atom stereocenters. The van der Waals surface area contributed by atoms with Gasteiger partial charge in [0.2, 0.25) is 5.89 Å². The number of anilines is 1. The Bertz CT molecular complexity index is 1130. The van der Waals surface area contributed by atoms with Crippen LogP contribution < -0.4 is 15.5 Å². The van der Waals surface area contributed by atoms with E-state index in [0.29, 0.717) is 52.3 Å². The van der Waals surface area contributed by atoms with Crippen LogP contribution in [0.15, 0.2) is 53.1 Å². The zero-order valence-corrected chi connectivity index (χ0v) is 20.4. The third kappa shape index (κ3) is 6.48. The minimum Gasteiger partial charge on any atom is -0.438 e. The van der Waals surface area contributed by atoms with E-state index in [-0.39, 0.29) is 11.7 Å². The van der Waals surface area contributed by atoms with Gasteiger partial charge in [-0.25, -0.2) is 9.37 Å². The molecule has 0 aliphatic carbocycles. The van der Waals surface area contributed by atoms with Crippen LogP contribution in [0.3, 0.4) is 0 Å². The predicted molar refractivity (Wildman–Crippen MR) is 134 cm³/mol. The molecule has 3 aromatic rings. The van der Waals surface area contributed by atoms with Crippen LogP contribution in [0.1, 0.15) is 35.1 Å². The van der Waals surface area contributed by atoms with Crippen molar-refractivity contribution in [3.63, 3.8) is 0 Å². The SMILES string of the molecule is CN(C)c1cccc(Cl)c1C(=O)N[C@@H](CCCNC(=N)CF)c1ncc(-c2ccc(Cl)cc2)o1. The summed E-state index contributed by atoms with van der Waals surface area (Å²) < 4.78 is 18.5. The second-order valence-electron chi connectivity index (χ2n) is 7.81. The second-order valence-corrected chi connectivity index (χ2v) is 8.65. The van der Waals surface area contributed by atoms with Crippen LogP contribution in [0.25, 0.3) is 11.3 Å². The standard InChI is InChI=1S/C24H26Cl2FN5O2/c1-32(2)19-7-3-5-17(26)22(19)23(33)31-18(6-4-12-29-21(28)13-27)24-30-14-20(34-24)15-8-10-16(25)11-9-15/h3,5,7-11,14,18H,4,6,12-13H2,1-2H3,(H2,28,29)(H,31,33)/t18-/m0/s1. The quantitative estimate of drug-likeness (QED) is 0.192. The van der Waals surface area contributed by atoms with Crippen molar-refractivity contribution in [3.8, 4) is 11.3 Å². The lowest BCUT2D eigenvalue weighted by Gasteiger charge is -2.21. The molecule has 180 valence electrons. The molecule has 2 aromatic carbocycles. The summed E-state index contributed by atoms with van der Waals surface area (Å²) in [6.45, 7) is -0.487. The zero-order valence-electron chi connectivity index (χ0n) is 18.9. The number of hydrogen-bond acceptors (Lipinski definition) is 5. The Kier molecular flexibility index (Phi) is 8.90. The number of hydrogen-bond donors (Lipinski definition) is 3. The molecule has 7 nitrogen and oxygen atoms in total. The molecule has 3 N–H and O–H groups in total. The minimum atomic E-state index is -0.857. The maximum Gasteiger partial charge on any atom is 0.255 e. The fraction of sp³-hybridized carbons (Fsp3) is 0.292. The number of aromatic nitrogens is 1. The number of oxazole rings is 1. The smallest absolute Gasteiger partial charge is 0.255 e. The molecule has 10 heteroatoms. The molecule has 1 heterocycles. The van der Waals surface area contributed by atoms with Gasteiger partial charge in [0.05, 0.1) is 22.5 Å². The topological polar surface area (TPSA) is 94.2 Å². The highest BCUT2D eigenvalue weighted by Gasteiger charge is 2.24. The number of amidine groups is 1. The first-order chi connectivity index (χ1) is 16.3. The number of nitrogens with zero attached hydrogens (tertiary/aromatic N) is 2. The number of carbonyl (C=O) groups excluding carboxylic acids is 1. The van der Waals surface area contributed by atoms with E-state index >= 15 is 0 Å². The Balaban J connectivity index is 1.84. The summed E-state index contributed by atoms with van der Waals surface area (Å²) in [6.07, 6.45) is 2.57. The number of carbonyl (C=O) groups is 1. The van der Waals surface area contributed by atoms with Gasteiger partial charge < -0.3 is 20.0 Å². The maximum absolute atomic E-state index is 13.3. The van der Waals surface area contributed by atoms with Crippen LogP contribution in [0.5, 0.6) is 0 Å². The summed E-state index contributed by atoms with van der Waals surface area (Å²) in [5, 5.41) is 14.0. The molecule has 0 aliphatic rings. The first-order valence-corrected chi connectivity index (χ1v) is 11.4. The molecule has 0 spiro atoms. The van der Waals surface area contributed by atoms with Crippen molar-refractivity contribution in [2.45, 2.75) is 18.9 Å². The molecule has 0 bridgehead atoms. The van der Waals surface area contributed by atoms with Crippen molar-refractivity contribution < 1.29 is 13.6 Å². The molecule has 1 amide bonds. The van der Waals surface area contributed by atoms with Crippen molar-refractivity contribution in [1.82, 2.24) is 15.6 Å². The van der Waals surface area contributed by atoms with Gasteiger partial charge in [-0.3, -0.25) is 10.2 Å². The first-order valence-electron chi connectivity index (χ1n) is 10.7. The van der Waals surface area contributed by atoms with Gasteiger partial charge in [-0.05, 0) is 49.2 Å². The fourth-order valence-corrected chi connectivity index (χ4v) is 3.77. The van der Waals surface area contributed by atoms with Crippen molar-refractivity contribution in [1.29, 1.82) is 5.41 Å². The number of alkyl halides is 1. The Labute approximate surface area is 207 Å². The lowest BCUT2D eigenvalue weighted by atomic mass is 10.1. The van der Waals surface area contributed by atoms with E-state index in [0.717, 1.165) is 5.56 Å². The molecule has 3 rings (SSSR count). The molecule has 1 atom stereocenters. The highest BCUT2D eigenvalue weighted by atomic mass is 35.5. The maximum atomic E-state index is 13.3. The van der Waals surface area contributed by atoms with Gasteiger partial charge >= 0.3 is 0 Å². The van der Waals surface area contributed by atoms with Crippen LogP contribution in [-0.2, 0) is 0 Å². The molecular formula is C24H26Cl2FN5O2. The molecular weight excluding hydrogens is 480 g/mol. The van der Waals surface area contributed by atoms with Crippen molar-refractivity contribution in [2.24, 2.45) is 0 Å². The molecule has 0 fully saturated rings. The number of benzene rings is 2. The van der Waals surface area contributed by atoms with Gasteiger partial charge in [0.25, 0.3) is 5.91 Å². The first kappa shape index (κ1) is 25.5. The second kappa shape index (κ2) is 11.9. The summed E-state index contributed by atoms with van der Waals surface area (Å²) in [6, 6.07) is 11.8. The van der Waals surface area contributed by atoms with Crippen LogP contribution in [-0.4, -0.2) is 44.0 Å². The molecule has 0 saturated heterocycles. The Hall–Kier alpha value is -3.10. The highest BCUT2D eigenvalue weighted by molar-refractivity contribution is 6.34. The van der Waals surface area contributed by atoms with Gasteiger partial charge in [-0.15, -0.1) is 0 Å². The molecule has 0 saturated carbocycles. The normalized spacial score (nSPS) is 11.7. The number of nitrogens with one attached hydrogen (secondary N) is 3. The van der Waals surface area contributed by atoms with Crippen LogP contribution >= 0.6 is 23.2 Å². The molecule has 1 aromatic heterocycles. The lowest BCUT2D eigenvalue weighted by molar-refractivity contribution is 0.0928. The monoisotopic (exact) mass is 505 g/mol. The van der Waals surface area contributed by atoms with E-state index in [2.05, 4.69) is 15.6 Å². The third-order valence-electron chi connectivity index (χ3n) is 5.10. The van der Waals surface area contributed by atoms with E-state index in [1.54, 1.807) is 30.5 Å². The van der Waals surface area contributed by atoms with Gasteiger partial charge in [-0.2, -0.15) is 0 Å². The lowest BCUT2D eigenvalue weighted by Crippen LogP contribution is -2.31. The third-order valence-corrected chi connectivity index (χ3v) is 5.66. The van der Waals surface area contributed by atoms with Crippen LogP contribution in [0.2, 0.25) is 10.0 Å². The van der Waals surface area contributed by atoms with Crippen LogP contribution in [0, 0.1) is 5.41 Å². The van der Waals surface area contributed by atoms with Crippen molar-refractivity contribution >= 4 is 40.6 Å². The minimum absolute atomic E-state index is 0.187. The van der Waals surface area contributed by atoms with E-state index in [9.17, 15) is 9.18 Å². The summed E-state index contributed by atoms with van der Waals surface area (Å²) in [5.41, 5.74) is 1.82. The van der Waals surface area contributed by atoms with E-state index < -0.39 is 12.7 Å².